The molecule has 2 aromatic heterocycles. The Bertz CT molecular complexity index is 803. The van der Waals surface area contributed by atoms with E-state index in [1.165, 1.54) is 18.4 Å². The summed E-state index contributed by atoms with van der Waals surface area (Å²) in [5, 5.41) is 11.4. The number of likely N-dealkylation sites (tertiary alicyclic amines) is 1. The number of carboxylic acids is 1. The Balaban J connectivity index is 0.000000318. The number of ether oxygens (including phenoxy) is 1. The van der Waals surface area contributed by atoms with Crippen molar-refractivity contribution in [2.45, 2.75) is 50.6 Å². The van der Waals surface area contributed by atoms with E-state index in [9.17, 15) is 13.2 Å². The van der Waals surface area contributed by atoms with Crippen molar-refractivity contribution in [2.24, 2.45) is 13.0 Å². The average molecular weight is 429 g/mol. The van der Waals surface area contributed by atoms with E-state index in [-0.39, 0.29) is 0 Å². The van der Waals surface area contributed by atoms with Crippen LogP contribution in [-0.2, 0) is 29.5 Å². The number of aromatic nitrogens is 2. The number of carbonyl (C=O) groups is 1. The first-order chi connectivity index (χ1) is 14.2. The molecule has 2 fully saturated rings. The van der Waals surface area contributed by atoms with Crippen molar-refractivity contribution in [3.05, 3.63) is 42.1 Å². The van der Waals surface area contributed by atoms with Gasteiger partial charge in [0.15, 0.2) is 0 Å². The van der Waals surface area contributed by atoms with Gasteiger partial charge in [0.25, 0.3) is 0 Å². The molecule has 0 unspecified atom stereocenters. The number of aliphatic carboxylic acids is 1. The second-order valence-electron chi connectivity index (χ2n) is 7.75. The molecule has 0 amide bonds. The van der Waals surface area contributed by atoms with Crippen LogP contribution in [0.1, 0.15) is 30.6 Å². The summed E-state index contributed by atoms with van der Waals surface area (Å²) in [6.07, 6.45) is 5.87. The Morgan fingerprint density at radius 2 is 2.10 bits per heavy atom. The minimum absolute atomic E-state index is 0.325. The van der Waals surface area contributed by atoms with Gasteiger partial charge in [-0.1, -0.05) is 0 Å². The summed E-state index contributed by atoms with van der Waals surface area (Å²) >= 11 is 0. The van der Waals surface area contributed by atoms with Crippen LogP contribution in [-0.4, -0.2) is 57.2 Å². The standard InChI is InChI=1S/C18H25N3O2.C2HF3O2/c1-20-11-15(10-19-20)9-17-18(23-13-14-4-5-14)6-7-21(17)12-16-3-2-8-22-16;3-2(4,5)1(6)7/h2-3,8,10-11,14,17-18H,4-7,9,12-13H2,1H3;(H,6,7)/t17-,18-;/m0./s1. The van der Waals surface area contributed by atoms with E-state index in [0.717, 1.165) is 44.2 Å². The number of halogens is 3. The summed E-state index contributed by atoms with van der Waals surface area (Å²) in [6, 6.07) is 4.42. The Hall–Kier alpha value is -2.33. The molecule has 1 aliphatic carbocycles. The molecule has 0 spiro atoms. The van der Waals surface area contributed by atoms with Gasteiger partial charge < -0.3 is 14.3 Å². The van der Waals surface area contributed by atoms with Gasteiger partial charge >= 0.3 is 12.1 Å². The SMILES string of the molecule is Cn1cc(C[C@H]2[C@@H](OCC3CC3)CCN2Cc2ccco2)cn1.O=C(O)C(F)(F)F. The molecule has 0 bridgehead atoms. The number of furan rings is 1. The highest BCUT2D eigenvalue weighted by Gasteiger charge is 2.38. The second kappa shape index (κ2) is 9.65. The number of carboxylic acid groups (broad SMARTS) is 1. The Morgan fingerprint density at radius 1 is 1.37 bits per heavy atom. The third-order valence-corrected chi connectivity index (χ3v) is 5.23. The van der Waals surface area contributed by atoms with Gasteiger partial charge in [0.1, 0.15) is 5.76 Å². The molecule has 0 aromatic carbocycles. The molecule has 166 valence electrons. The Kier molecular flexibility index (Phi) is 7.19. The van der Waals surface area contributed by atoms with Gasteiger partial charge in [0.05, 0.1) is 25.1 Å². The van der Waals surface area contributed by atoms with E-state index in [4.69, 9.17) is 19.1 Å². The number of alkyl halides is 3. The fraction of sp³-hybridized carbons (Fsp3) is 0.600. The lowest BCUT2D eigenvalue weighted by Crippen LogP contribution is -2.38. The van der Waals surface area contributed by atoms with Gasteiger partial charge in [0, 0.05) is 32.4 Å². The Morgan fingerprint density at radius 3 is 2.63 bits per heavy atom. The lowest BCUT2D eigenvalue weighted by Gasteiger charge is -2.27. The third kappa shape index (κ3) is 6.60. The van der Waals surface area contributed by atoms with Crippen LogP contribution < -0.4 is 0 Å². The fourth-order valence-corrected chi connectivity index (χ4v) is 3.50. The van der Waals surface area contributed by atoms with E-state index >= 15 is 0 Å². The van der Waals surface area contributed by atoms with E-state index in [0.29, 0.717) is 12.1 Å². The second-order valence-corrected chi connectivity index (χ2v) is 7.75. The van der Waals surface area contributed by atoms with Crippen molar-refractivity contribution >= 4 is 5.97 Å². The lowest BCUT2D eigenvalue weighted by molar-refractivity contribution is -0.192. The highest BCUT2D eigenvalue weighted by Crippen LogP contribution is 2.32. The first-order valence-electron chi connectivity index (χ1n) is 9.88. The molecule has 2 atom stereocenters. The smallest absolute Gasteiger partial charge is 0.475 e. The van der Waals surface area contributed by atoms with Crippen LogP contribution in [0.2, 0.25) is 0 Å². The molecule has 3 heterocycles. The van der Waals surface area contributed by atoms with Gasteiger partial charge in [0.2, 0.25) is 0 Å². The molecule has 4 rings (SSSR count). The van der Waals surface area contributed by atoms with E-state index in [2.05, 4.69) is 22.3 Å². The summed E-state index contributed by atoms with van der Waals surface area (Å²) in [5.41, 5.74) is 1.28. The van der Waals surface area contributed by atoms with Gasteiger partial charge in [-0.15, -0.1) is 0 Å². The minimum atomic E-state index is -5.08. The molecular weight excluding hydrogens is 403 g/mol. The number of aryl methyl sites for hydroxylation is 1. The topological polar surface area (TPSA) is 80.7 Å². The quantitative estimate of drug-likeness (QED) is 0.728. The predicted octanol–water partition coefficient (Wildman–Crippen LogP) is 3.26. The lowest BCUT2D eigenvalue weighted by atomic mass is 10.0. The molecule has 1 N–H and O–H groups in total. The van der Waals surface area contributed by atoms with Gasteiger partial charge in [-0.2, -0.15) is 18.3 Å². The molecule has 1 saturated heterocycles. The average Bonchev–Trinajstić information content (AvgIpc) is 3.02. The van der Waals surface area contributed by atoms with E-state index in [1.54, 1.807) is 6.26 Å². The van der Waals surface area contributed by atoms with Gasteiger partial charge in [-0.3, -0.25) is 9.58 Å². The molecule has 2 aliphatic rings. The largest absolute Gasteiger partial charge is 0.490 e. The highest BCUT2D eigenvalue weighted by molar-refractivity contribution is 5.73. The van der Waals surface area contributed by atoms with Crippen molar-refractivity contribution in [2.75, 3.05) is 13.2 Å². The maximum absolute atomic E-state index is 10.6. The molecule has 10 heteroatoms. The Labute approximate surface area is 172 Å². The highest BCUT2D eigenvalue weighted by atomic mass is 19.4. The summed E-state index contributed by atoms with van der Waals surface area (Å²) in [5.74, 6) is -0.912. The van der Waals surface area contributed by atoms with Crippen LogP contribution in [0.3, 0.4) is 0 Å². The van der Waals surface area contributed by atoms with E-state index < -0.39 is 12.1 Å². The molecule has 1 aliphatic heterocycles. The predicted molar refractivity (Wildman–Crippen MR) is 101 cm³/mol. The fourth-order valence-electron chi connectivity index (χ4n) is 3.50. The first kappa shape index (κ1) is 22.4. The number of hydrogen-bond donors (Lipinski definition) is 1. The molecule has 30 heavy (non-hydrogen) atoms. The van der Waals surface area contributed by atoms with Crippen LogP contribution in [0.15, 0.2) is 35.2 Å². The zero-order chi connectivity index (χ0) is 21.7. The summed E-state index contributed by atoms with van der Waals surface area (Å²) in [6.45, 7) is 2.87. The monoisotopic (exact) mass is 429 g/mol. The van der Waals surface area contributed by atoms with Crippen molar-refractivity contribution in [1.82, 2.24) is 14.7 Å². The van der Waals surface area contributed by atoms with Crippen molar-refractivity contribution in [1.29, 1.82) is 0 Å². The van der Waals surface area contributed by atoms with E-state index in [1.807, 2.05) is 24.0 Å². The zero-order valence-corrected chi connectivity index (χ0v) is 16.7. The minimum Gasteiger partial charge on any atom is -0.475 e. The first-order valence-corrected chi connectivity index (χ1v) is 9.88. The number of rotatable bonds is 7. The summed E-state index contributed by atoms with van der Waals surface area (Å²) < 4.78 is 45.4. The zero-order valence-electron chi connectivity index (χ0n) is 16.7. The van der Waals surface area contributed by atoms with Crippen molar-refractivity contribution in [3.8, 4) is 0 Å². The third-order valence-electron chi connectivity index (χ3n) is 5.23. The molecule has 1 saturated carbocycles. The number of nitrogens with zero attached hydrogens (tertiary/aromatic N) is 3. The van der Waals surface area contributed by atoms with Gasteiger partial charge in [-0.05, 0) is 49.3 Å². The maximum atomic E-state index is 10.6. The maximum Gasteiger partial charge on any atom is 0.490 e. The number of hydrogen-bond acceptors (Lipinski definition) is 5. The normalized spacial score (nSPS) is 22.0. The van der Waals surface area contributed by atoms with Crippen LogP contribution in [0.5, 0.6) is 0 Å². The summed E-state index contributed by atoms with van der Waals surface area (Å²) in [7, 11) is 1.97. The molecule has 0 radical (unpaired) electrons. The molecular formula is C20H26F3N3O4. The molecule has 2 aromatic rings. The van der Waals surface area contributed by atoms with Crippen LogP contribution in [0, 0.1) is 5.92 Å². The van der Waals surface area contributed by atoms with Crippen molar-refractivity contribution < 1.29 is 32.2 Å². The summed E-state index contributed by atoms with van der Waals surface area (Å²) in [4.78, 5) is 11.4. The van der Waals surface area contributed by atoms with Crippen LogP contribution in [0.25, 0.3) is 0 Å². The van der Waals surface area contributed by atoms with Crippen molar-refractivity contribution in [3.63, 3.8) is 0 Å². The van der Waals surface area contributed by atoms with Crippen LogP contribution in [0.4, 0.5) is 13.2 Å². The molecule has 7 nitrogen and oxygen atoms in total. The van der Waals surface area contributed by atoms with Gasteiger partial charge in [-0.25, -0.2) is 4.79 Å². The van der Waals surface area contributed by atoms with Crippen LogP contribution >= 0.6 is 0 Å².